The van der Waals surface area contributed by atoms with Gasteiger partial charge in [-0.25, -0.2) is 4.98 Å². The number of ether oxygens (including phenoxy) is 1. The van der Waals surface area contributed by atoms with Crippen molar-refractivity contribution in [2.24, 2.45) is 0 Å². The zero-order valence-electron chi connectivity index (χ0n) is 9.29. The zero-order chi connectivity index (χ0) is 12.3. The second-order valence-electron chi connectivity index (χ2n) is 3.50. The van der Waals surface area contributed by atoms with Crippen molar-refractivity contribution in [3.63, 3.8) is 0 Å². The highest BCUT2D eigenvalue weighted by atomic mass is 35.5. The number of anilines is 1. The van der Waals surface area contributed by atoms with Gasteiger partial charge in [0.2, 0.25) is 5.95 Å². The van der Waals surface area contributed by atoms with Gasteiger partial charge in [0.15, 0.2) is 0 Å². The van der Waals surface area contributed by atoms with E-state index in [1.807, 2.05) is 6.07 Å². The minimum Gasteiger partial charge on any atom is -0.469 e. The second kappa shape index (κ2) is 5.05. The third-order valence-corrected chi connectivity index (χ3v) is 2.53. The molecule has 17 heavy (non-hydrogen) atoms. The largest absolute Gasteiger partial charge is 0.469 e. The van der Waals surface area contributed by atoms with Crippen molar-refractivity contribution in [1.29, 1.82) is 0 Å². The molecule has 0 aliphatic rings. The third-order valence-electron chi connectivity index (χ3n) is 2.29. The van der Waals surface area contributed by atoms with Gasteiger partial charge >= 0.3 is 5.97 Å². The Morgan fingerprint density at radius 2 is 2.41 bits per heavy atom. The number of nitrogens with one attached hydrogen (secondary N) is 2. The highest BCUT2D eigenvalue weighted by Gasteiger charge is 2.04. The average Bonchev–Trinajstić information content (AvgIpc) is 2.70. The van der Waals surface area contributed by atoms with Gasteiger partial charge in [-0.2, -0.15) is 0 Å². The molecule has 0 saturated carbocycles. The first kappa shape index (κ1) is 11.7. The number of halogens is 1. The molecule has 0 atom stereocenters. The number of rotatable bonds is 4. The van der Waals surface area contributed by atoms with E-state index in [2.05, 4.69) is 20.0 Å². The summed E-state index contributed by atoms with van der Waals surface area (Å²) in [6, 6.07) is 5.41. The maximum atomic E-state index is 10.9. The van der Waals surface area contributed by atoms with Gasteiger partial charge in [0.05, 0.1) is 24.6 Å². The number of hydrogen-bond donors (Lipinski definition) is 2. The van der Waals surface area contributed by atoms with Gasteiger partial charge in [0.1, 0.15) is 0 Å². The van der Waals surface area contributed by atoms with Gasteiger partial charge in [-0.3, -0.25) is 4.79 Å². The predicted molar refractivity (Wildman–Crippen MR) is 66.2 cm³/mol. The van der Waals surface area contributed by atoms with Crippen LogP contribution in [0.4, 0.5) is 5.95 Å². The van der Waals surface area contributed by atoms with E-state index in [0.29, 0.717) is 23.9 Å². The second-order valence-corrected chi connectivity index (χ2v) is 3.94. The normalized spacial score (nSPS) is 10.5. The Kier molecular flexibility index (Phi) is 3.49. The van der Waals surface area contributed by atoms with Crippen molar-refractivity contribution < 1.29 is 9.53 Å². The van der Waals surface area contributed by atoms with Crippen LogP contribution in [-0.2, 0) is 9.53 Å². The number of fused-ring (bicyclic) bond motifs is 1. The fourth-order valence-electron chi connectivity index (χ4n) is 1.45. The number of nitrogens with zero attached hydrogens (tertiary/aromatic N) is 1. The van der Waals surface area contributed by atoms with Gasteiger partial charge in [-0.15, -0.1) is 0 Å². The molecule has 0 amide bonds. The Morgan fingerprint density at radius 1 is 1.59 bits per heavy atom. The lowest BCUT2D eigenvalue weighted by molar-refractivity contribution is -0.140. The maximum absolute atomic E-state index is 10.9. The number of imidazole rings is 1. The lowest BCUT2D eigenvalue weighted by Crippen LogP contribution is -2.10. The van der Waals surface area contributed by atoms with Gasteiger partial charge in [0.25, 0.3) is 0 Å². The molecule has 6 heteroatoms. The van der Waals surface area contributed by atoms with Crippen molar-refractivity contribution in [3.8, 4) is 0 Å². The molecule has 0 fully saturated rings. The van der Waals surface area contributed by atoms with Crippen LogP contribution in [0.1, 0.15) is 6.42 Å². The number of esters is 1. The van der Waals surface area contributed by atoms with Crippen molar-refractivity contribution in [1.82, 2.24) is 9.97 Å². The number of carbonyl (C=O) groups excluding carboxylic acids is 1. The van der Waals surface area contributed by atoms with Crippen molar-refractivity contribution in [2.45, 2.75) is 6.42 Å². The molecule has 5 nitrogen and oxygen atoms in total. The minimum atomic E-state index is -0.253. The summed E-state index contributed by atoms with van der Waals surface area (Å²) in [6.45, 7) is 0.472. The molecule has 2 rings (SSSR count). The maximum Gasteiger partial charge on any atom is 0.307 e. The first-order valence-electron chi connectivity index (χ1n) is 5.15. The van der Waals surface area contributed by atoms with E-state index in [1.165, 1.54) is 7.11 Å². The summed E-state index contributed by atoms with van der Waals surface area (Å²) in [4.78, 5) is 18.3. The van der Waals surface area contributed by atoms with Crippen LogP contribution in [0, 0.1) is 0 Å². The fraction of sp³-hybridized carbons (Fsp3) is 0.273. The Morgan fingerprint density at radius 3 is 3.18 bits per heavy atom. The van der Waals surface area contributed by atoms with Crippen LogP contribution in [0.3, 0.4) is 0 Å². The number of aromatic amines is 1. The minimum absolute atomic E-state index is 0.253. The first-order chi connectivity index (χ1) is 8.19. The standard InChI is InChI=1S/C11H12ClN3O2/c1-17-10(16)4-5-13-11-14-8-3-2-7(12)6-9(8)15-11/h2-3,6H,4-5H2,1H3,(H2,13,14,15). The quantitative estimate of drug-likeness (QED) is 0.820. The van der Waals surface area contributed by atoms with Gasteiger partial charge in [-0.1, -0.05) is 11.6 Å². The van der Waals surface area contributed by atoms with Crippen LogP contribution < -0.4 is 5.32 Å². The molecule has 0 bridgehead atoms. The van der Waals surface area contributed by atoms with Gasteiger partial charge in [-0.05, 0) is 18.2 Å². The third kappa shape index (κ3) is 2.88. The topological polar surface area (TPSA) is 67.0 Å². The molecule has 2 aromatic rings. The van der Waals surface area contributed by atoms with Crippen LogP contribution in [-0.4, -0.2) is 29.6 Å². The Bertz CT molecular complexity index is 538. The lowest BCUT2D eigenvalue weighted by atomic mass is 10.3. The Balaban J connectivity index is 2.02. The molecule has 0 aliphatic carbocycles. The Hall–Kier alpha value is -1.75. The predicted octanol–water partition coefficient (Wildman–Crippen LogP) is 2.19. The molecule has 0 saturated heterocycles. The van der Waals surface area contributed by atoms with Crippen LogP contribution in [0.5, 0.6) is 0 Å². The van der Waals surface area contributed by atoms with E-state index in [1.54, 1.807) is 12.1 Å². The number of aromatic nitrogens is 2. The van der Waals surface area contributed by atoms with Crippen molar-refractivity contribution in [3.05, 3.63) is 23.2 Å². The molecule has 1 heterocycles. The van der Waals surface area contributed by atoms with Crippen LogP contribution in [0.25, 0.3) is 11.0 Å². The van der Waals surface area contributed by atoms with Crippen molar-refractivity contribution in [2.75, 3.05) is 19.0 Å². The summed E-state index contributed by atoms with van der Waals surface area (Å²) < 4.78 is 4.54. The summed E-state index contributed by atoms with van der Waals surface area (Å²) >= 11 is 5.86. The molecule has 90 valence electrons. The fourth-order valence-corrected chi connectivity index (χ4v) is 1.62. The molecule has 0 unspecified atom stereocenters. The van der Waals surface area contributed by atoms with Crippen LogP contribution in [0.2, 0.25) is 5.02 Å². The SMILES string of the molecule is COC(=O)CCNc1nc2ccc(Cl)cc2[nH]1. The number of methoxy groups -OCH3 is 1. The zero-order valence-corrected chi connectivity index (χ0v) is 10.0. The number of benzene rings is 1. The van der Waals surface area contributed by atoms with Crippen molar-refractivity contribution >= 4 is 34.6 Å². The summed E-state index contributed by atoms with van der Waals surface area (Å²) in [6.07, 6.45) is 0.300. The van der Waals surface area contributed by atoms with E-state index < -0.39 is 0 Å². The molecule has 0 spiro atoms. The van der Waals surface area contributed by atoms with E-state index in [9.17, 15) is 4.79 Å². The van der Waals surface area contributed by atoms with E-state index in [0.717, 1.165) is 11.0 Å². The highest BCUT2D eigenvalue weighted by molar-refractivity contribution is 6.31. The molecule has 1 aromatic heterocycles. The number of carbonyl (C=O) groups is 1. The molecule has 0 radical (unpaired) electrons. The number of H-pyrrole nitrogens is 1. The van der Waals surface area contributed by atoms with Crippen LogP contribution in [0.15, 0.2) is 18.2 Å². The molecular weight excluding hydrogens is 242 g/mol. The molecular formula is C11H12ClN3O2. The van der Waals surface area contributed by atoms with E-state index in [-0.39, 0.29) is 5.97 Å². The summed E-state index contributed by atoms with van der Waals surface area (Å²) in [7, 11) is 1.37. The lowest BCUT2D eigenvalue weighted by Gasteiger charge is -2.00. The smallest absolute Gasteiger partial charge is 0.307 e. The van der Waals surface area contributed by atoms with E-state index >= 15 is 0 Å². The first-order valence-corrected chi connectivity index (χ1v) is 5.53. The Labute approximate surface area is 103 Å². The average molecular weight is 254 g/mol. The summed E-state index contributed by atoms with van der Waals surface area (Å²) in [5, 5.41) is 3.66. The monoisotopic (exact) mass is 253 g/mol. The summed E-state index contributed by atoms with van der Waals surface area (Å²) in [5.41, 5.74) is 1.69. The van der Waals surface area contributed by atoms with Gasteiger partial charge in [0, 0.05) is 11.6 Å². The molecule has 2 N–H and O–H groups in total. The van der Waals surface area contributed by atoms with Crippen LogP contribution >= 0.6 is 11.6 Å². The molecule has 1 aromatic carbocycles. The van der Waals surface area contributed by atoms with E-state index in [4.69, 9.17) is 11.6 Å². The summed E-state index contributed by atoms with van der Waals surface area (Å²) in [5.74, 6) is 0.364. The van der Waals surface area contributed by atoms with Gasteiger partial charge < -0.3 is 15.0 Å². The highest BCUT2D eigenvalue weighted by Crippen LogP contribution is 2.18. The number of hydrogen-bond acceptors (Lipinski definition) is 4. The molecule has 0 aliphatic heterocycles.